The van der Waals surface area contributed by atoms with Crippen LogP contribution >= 0.6 is 23.4 Å². The van der Waals surface area contributed by atoms with Crippen LogP contribution in [0.25, 0.3) is 0 Å². The highest BCUT2D eigenvalue weighted by atomic mass is 35.5. The van der Waals surface area contributed by atoms with Gasteiger partial charge in [-0.05, 0) is 18.6 Å². The Hall–Kier alpha value is -3.51. The van der Waals surface area contributed by atoms with E-state index in [1.165, 1.54) is 0 Å². The number of alkyl halides is 1. The maximum Gasteiger partial charge on any atom is 0.354 e. The number of thioether (sulfide) groups is 1. The Kier molecular flexibility index (Phi) is 8.99. The van der Waals surface area contributed by atoms with Gasteiger partial charge in [0.15, 0.2) is 10.9 Å². The van der Waals surface area contributed by atoms with Crippen LogP contribution in [-0.4, -0.2) is 64.8 Å². The number of hydrogen-bond acceptors (Lipinski definition) is 9. The molecule has 36 heavy (non-hydrogen) atoms. The number of benzene rings is 1. The molecule has 0 saturated heterocycles. The monoisotopic (exact) mass is 537 g/mol. The average Bonchev–Trinajstić information content (AvgIpc) is 2.86. The van der Waals surface area contributed by atoms with Crippen LogP contribution in [0.2, 0.25) is 5.02 Å². The molecule has 2 heterocycles. The number of carboxylic acids is 1. The molecule has 0 saturated carbocycles. The topological polar surface area (TPSA) is 148 Å². The SMILES string of the molecule is CCOC(=O)C1=C(CSc2nc(C(=O)O)cc(=O)[nH]2)N=C(CF)C(C(=O)OC)C1c1ccccc1Cl. The minimum Gasteiger partial charge on any atom is -0.477 e. The first-order chi connectivity index (χ1) is 17.2. The number of carboxylic acid groups (broad SMARTS) is 1. The molecule has 1 aliphatic rings. The second-order valence-corrected chi connectivity index (χ2v) is 8.72. The number of esters is 2. The number of nitrogens with one attached hydrogen (secondary N) is 1. The number of halogens is 2. The Balaban J connectivity index is 2.19. The fourth-order valence-electron chi connectivity index (χ4n) is 3.73. The number of aromatic amines is 1. The van der Waals surface area contributed by atoms with Gasteiger partial charge in [-0.15, -0.1) is 0 Å². The molecule has 2 atom stereocenters. The van der Waals surface area contributed by atoms with Gasteiger partial charge >= 0.3 is 17.9 Å². The van der Waals surface area contributed by atoms with Crippen LogP contribution in [0.15, 0.2) is 56.5 Å². The highest BCUT2D eigenvalue weighted by molar-refractivity contribution is 7.99. The van der Waals surface area contributed by atoms with Gasteiger partial charge in [-0.25, -0.2) is 19.0 Å². The molecule has 2 N–H and O–H groups in total. The van der Waals surface area contributed by atoms with E-state index in [1.54, 1.807) is 31.2 Å². The summed E-state index contributed by atoms with van der Waals surface area (Å²) in [5.74, 6) is -5.52. The average molecular weight is 538 g/mol. The maximum absolute atomic E-state index is 14.2. The fraction of sp³-hybridized carbons (Fsp3) is 0.304. The highest BCUT2D eigenvalue weighted by Crippen LogP contribution is 2.43. The van der Waals surface area contributed by atoms with Crippen molar-refractivity contribution in [3.8, 4) is 0 Å². The Bertz CT molecular complexity index is 1310. The van der Waals surface area contributed by atoms with Gasteiger partial charge in [0.1, 0.15) is 12.6 Å². The fourth-order valence-corrected chi connectivity index (χ4v) is 4.81. The predicted octanol–water partition coefficient (Wildman–Crippen LogP) is 3.03. The quantitative estimate of drug-likeness (QED) is 0.279. The van der Waals surface area contributed by atoms with Crippen LogP contribution in [0.5, 0.6) is 0 Å². The van der Waals surface area contributed by atoms with Gasteiger partial charge in [-0.2, -0.15) is 0 Å². The van der Waals surface area contributed by atoms with E-state index in [9.17, 15) is 23.6 Å². The molecule has 2 aromatic rings. The molecule has 1 aromatic carbocycles. The van der Waals surface area contributed by atoms with Crippen molar-refractivity contribution < 1.29 is 33.4 Å². The van der Waals surface area contributed by atoms with Crippen molar-refractivity contribution in [2.45, 2.75) is 18.0 Å². The molecule has 1 aromatic heterocycles. The lowest BCUT2D eigenvalue weighted by atomic mass is 9.75. The highest BCUT2D eigenvalue weighted by Gasteiger charge is 2.45. The number of nitrogens with zero attached hydrogens (tertiary/aromatic N) is 2. The molecule has 0 amide bonds. The number of ether oxygens (including phenoxy) is 2. The molecule has 2 unspecified atom stereocenters. The van der Waals surface area contributed by atoms with Crippen LogP contribution in [0.1, 0.15) is 28.9 Å². The van der Waals surface area contributed by atoms with Crippen LogP contribution in [0, 0.1) is 5.92 Å². The van der Waals surface area contributed by atoms with Gasteiger partial charge in [-0.1, -0.05) is 41.6 Å². The normalized spacial score (nSPS) is 17.4. The van der Waals surface area contributed by atoms with Crippen LogP contribution < -0.4 is 5.56 Å². The summed E-state index contributed by atoms with van der Waals surface area (Å²) in [5, 5.41) is 9.34. The standard InChI is InChI=1S/C23H21ClFN3O7S/c1-3-35-22(33)19-15(10-36-23-27-13(20(30)31)8-16(29)28-23)26-14(9-25)18(21(32)34-2)17(19)11-6-4-5-7-12(11)24/h4-8,17-18H,3,9-10H2,1-2H3,(H,30,31)(H,27,28,29). The van der Waals surface area contributed by atoms with E-state index in [4.69, 9.17) is 26.2 Å². The zero-order valence-electron chi connectivity index (χ0n) is 19.1. The number of aliphatic imine (C=N–C) groups is 1. The molecule has 1 aliphatic heterocycles. The lowest BCUT2D eigenvalue weighted by Crippen LogP contribution is -2.38. The van der Waals surface area contributed by atoms with E-state index in [1.807, 2.05) is 0 Å². The van der Waals surface area contributed by atoms with E-state index in [-0.39, 0.29) is 39.5 Å². The summed E-state index contributed by atoms with van der Waals surface area (Å²) in [6.07, 6.45) is 0. The molecule has 10 nitrogen and oxygen atoms in total. The lowest BCUT2D eigenvalue weighted by molar-refractivity contribution is -0.144. The van der Waals surface area contributed by atoms with E-state index in [0.717, 1.165) is 24.9 Å². The number of aromatic nitrogens is 2. The smallest absolute Gasteiger partial charge is 0.354 e. The van der Waals surface area contributed by atoms with Gasteiger partial charge < -0.3 is 19.6 Å². The zero-order valence-corrected chi connectivity index (χ0v) is 20.7. The van der Waals surface area contributed by atoms with Gasteiger partial charge in [0.2, 0.25) is 0 Å². The van der Waals surface area contributed by atoms with Crippen molar-refractivity contribution in [2.24, 2.45) is 10.9 Å². The summed E-state index contributed by atoms with van der Waals surface area (Å²) < 4.78 is 24.3. The molecular formula is C23H21ClFN3O7S. The van der Waals surface area contributed by atoms with Crippen molar-refractivity contribution in [1.29, 1.82) is 0 Å². The molecule has 0 bridgehead atoms. The van der Waals surface area contributed by atoms with Crippen molar-refractivity contribution in [3.05, 3.63) is 68.2 Å². The Labute approximate surface area is 213 Å². The largest absolute Gasteiger partial charge is 0.477 e. The van der Waals surface area contributed by atoms with Gasteiger partial charge in [-0.3, -0.25) is 14.6 Å². The van der Waals surface area contributed by atoms with Crippen molar-refractivity contribution in [2.75, 3.05) is 26.1 Å². The zero-order chi connectivity index (χ0) is 26.4. The van der Waals surface area contributed by atoms with E-state index in [2.05, 4.69) is 15.0 Å². The number of carbonyl (C=O) groups excluding carboxylic acids is 2. The molecule has 0 fully saturated rings. The van der Waals surface area contributed by atoms with E-state index >= 15 is 0 Å². The molecule has 0 aliphatic carbocycles. The molecule has 190 valence electrons. The van der Waals surface area contributed by atoms with Gasteiger partial charge in [0, 0.05) is 22.8 Å². The van der Waals surface area contributed by atoms with Gasteiger partial charge in [0.05, 0.1) is 30.7 Å². The third-order valence-corrected chi connectivity index (χ3v) is 6.43. The first kappa shape index (κ1) is 27.1. The number of carbonyl (C=O) groups is 3. The lowest BCUT2D eigenvalue weighted by Gasteiger charge is -2.32. The molecule has 0 spiro atoms. The first-order valence-electron chi connectivity index (χ1n) is 10.5. The molecule has 0 radical (unpaired) electrons. The summed E-state index contributed by atoms with van der Waals surface area (Å²) in [6.45, 7) is 0.491. The van der Waals surface area contributed by atoms with E-state index < -0.39 is 47.7 Å². The van der Waals surface area contributed by atoms with Crippen molar-refractivity contribution >= 4 is 47.0 Å². The number of hydrogen-bond donors (Lipinski definition) is 2. The molecule has 13 heteroatoms. The minimum absolute atomic E-state index is 0.0100. The van der Waals surface area contributed by atoms with E-state index in [0.29, 0.717) is 5.56 Å². The summed E-state index contributed by atoms with van der Waals surface area (Å²) in [4.78, 5) is 59.6. The summed E-state index contributed by atoms with van der Waals surface area (Å²) in [6, 6.07) is 7.30. The van der Waals surface area contributed by atoms with Crippen LogP contribution in [-0.2, 0) is 19.1 Å². The number of rotatable bonds is 9. The third-order valence-electron chi connectivity index (χ3n) is 5.21. The van der Waals surface area contributed by atoms with Crippen molar-refractivity contribution in [3.63, 3.8) is 0 Å². The summed E-state index contributed by atoms with van der Waals surface area (Å²) in [5.41, 5.74) is -0.976. The first-order valence-corrected chi connectivity index (χ1v) is 11.9. The van der Waals surface area contributed by atoms with Crippen LogP contribution in [0.3, 0.4) is 0 Å². The third kappa shape index (κ3) is 5.82. The summed E-state index contributed by atoms with van der Waals surface area (Å²) in [7, 11) is 1.14. The van der Waals surface area contributed by atoms with Gasteiger partial charge in [0.25, 0.3) is 5.56 Å². The number of methoxy groups -OCH3 is 1. The Morgan fingerprint density at radius 3 is 2.61 bits per heavy atom. The number of H-pyrrole nitrogens is 1. The summed E-state index contributed by atoms with van der Waals surface area (Å²) >= 11 is 7.29. The molecule has 3 rings (SSSR count). The Morgan fingerprint density at radius 1 is 1.28 bits per heavy atom. The second kappa shape index (κ2) is 12.0. The Morgan fingerprint density at radius 2 is 2.00 bits per heavy atom. The second-order valence-electron chi connectivity index (χ2n) is 7.35. The van der Waals surface area contributed by atoms with Crippen molar-refractivity contribution in [1.82, 2.24) is 9.97 Å². The minimum atomic E-state index is -1.40. The predicted molar refractivity (Wildman–Crippen MR) is 129 cm³/mol. The number of aromatic carboxylic acids is 1. The van der Waals surface area contributed by atoms with Crippen LogP contribution in [0.4, 0.5) is 4.39 Å². The molecular weight excluding hydrogens is 517 g/mol. The maximum atomic E-state index is 14.2.